The summed E-state index contributed by atoms with van der Waals surface area (Å²) in [7, 11) is 0. The van der Waals surface area contributed by atoms with Crippen LogP contribution in [0.5, 0.6) is 0 Å². The first-order valence-corrected chi connectivity index (χ1v) is 7.15. The fourth-order valence-corrected chi connectivity index (χ4v) is 3.27. The van der Waals surface area contributed by atoms with Crippen LogP contribution in [0.15, 0.2) is 34.1 Å². The van der Waals surface area contributed by atoms with Gasteiger partial charge in [0.25, 0.3) is 0 Å². The van der Waals surface area contributed by atoms with E-state index in [1.165, 1.54) is 0 Å². The molecule has 0 unspecified atom stereocenters. The molecule has 1 aromatic heterocycles. The molecule has 0 fully saturated rings. The smallest absolute Gasteiger partial charge is 0.168 e. The minimum atomic E-state index is 0.105. The van der Waals surface area contributed by atoms with E-state index in [1.807, 2.05) is 30.5 Å². The average molecular weight is 330 g/mol. The second kappa shape index (κ2) is 5.34. The van der Waals surface area contributed by atoms with Crippen molar-refractivity contribution in [1.29, 1.82) is 0 Å². The molecule has 2 aromatic rings. The van der Waals surface area contributed by atoms with Crippen LogP contribution in [-0.2, 0) is 6.42 Å². The molecule has 4 heteroatoms. The molecule has 0 saturated carbocycles. The van der Waals surface area contributed by atoms with Crippen LogP contribution in [-0.4, -0.2) is 5.78 Å². The van der Waals surface area contributed by atoms with Gasteiger partial charge in [-0.2, -0.15) is 0 Å². The fraction of sp³-hybridized carbons (Fsp3) is 0.154. The van der Waals surface area contributed by atoms with E-state index < -0.39 is 0 Å². The lowest BCUT2D eigenvalue weighted by Gasteiger charge is -2.05. The standard InChI is InChI=1S/C13H10BrClOS/c1-8-9(3-2-4-11(8)15)12(16)7-13-10(14)5-6-17-13/h2-6H,7H2,1H3. The zero-order valence-corrected chi connectivity index (χ0v) is 12.3. The van der Waals surface area contributed by atoms with Crippen molar-refractivity contribution >= 4 is 44.7 Å². The molecule has 2 rings (SSSR count). The Morgan fingerprint density at radius 2 is 2.18 bits per heavy atom. The lowest BCUT2D eigenvalue weighted by molar-refractivity contribution is 0.0993. The Labute approximate surface area is 118 Å². The highest BCUT2D eigenvalue weighted by molar-refractivity contribution is 9.10. The molecule has 17 heavy (non-hydrogen) atoms. The summed E-state index contributed by atoms with van der Waals surface area (Å²) >= 11 is 11.0. The second-order valence-corrected chi connectivity index (χ2v) is 5.97. The highest BCUT2D eigenvalue weighted by Crippen LogP contribution is 2.26. The van der Waals surface area contributed by atoms with Crippen LogP contribution in [0.3, 0.4) is 0 Å². The Hall–Kier alpha value is -0.640. The number of thiophene rings is 1. The normalized spacial score (nSPS) is 10.5. The van der Waals surface area contributed by atoms with E-state index in [-0.39, 0.29) is 5.78 Å². The third-order valence-electron chi connectivity index (χ3n) is 2.58. The van der Waals surface area contributed by atoms with Crippen molar-refractivity contribution in [3.05, 3.63) is 55.1 Å². The van der Waals surface area contributed by atoms with Gasteiger partial charge in [0, 0.05) is 26.4 Å². The van der Waals surface area contributed by atoms with Crippen LogP contribution in [0.4, 0.5) is 0 Å². The van der Waals surface area contributed by atoms with E-state index in [0.29, 0.717) is 17.0 Å². The molecule has 0 spiro atoms. The van der Waals surface area contributed by atoms with Gasteiger partial charge in [-0.15, -0.1) is 11.3 Å². The highest BCUT2D eigenvalue weighted by atomic mass is 79.9. The summed E-state index contributed by atoms with van der Waals surface area (Å²) in [5, 5.41) is 2.61. The van der Waals surface area contributed by atoms with Gasteiger partial charge in [0.2, 0.25) is 0 Å². The third kappa shape index (κ3) is 2.79. The molecule has 1 nitrogen and oxygen atoms in total. The number of carbonyl (C=O) groups is 1. The van der Waals surface area contributed by atoms with Gasteiger partial charge < -0.3 is 0 Å². The van der Waals surface area contributed by atoms with Gasteiger partial charge in [0.1, 0.15) is 0 Å². The van der Waals surface area contributed by atoms with Crippen LogP contribution >= 0.6 is 38.9 Å². The van der Waals surface area contributed by atoms with E-state index in [2.05, 4.69) is 15.9 Å². The Morgan fingerprint density at radius 3 is 2.82 bits per heavy atom. The monoisotopic (exact) mass is 328 g/mol. The van der Waals surface area contributed by atoms with E-state index in [9.17, 15) is 4.79 Å². The maximum atomic E-state index is 12.2. The zero-order valence-electron chi connectivity index (χ0n) is 9.17. The number of hydrogen-bond acceptors (Lipinski definition) is 2. The van der Waals surface area contributed by atoms with E-state index in [0.717, 1.165) is 14.9 Å². The summed E-state index contributed by atoms with van der Waals surface area (Å²) in [6.07, 6.45) is 0.416. The average Bonchev–Trinajstić information content (AvgIpc) is 2.68. The summed E-state index contributed by atoms with van der Waals surface area (Å²) in [6, 6.07) is 7.39. The molecule has 0 atom stereocenters. The van der Waals surface area contributed by atoms with Gasteiger partial charge in [-0.1, -0.05) is 23.7 Å². The van der Waals surface area contributed by atoms with Crippen LogP contribution in [0.1, 0.15) is 20.8 Å². The van der Waals surface area contributed by atoms with Gasteiger partial charge in [-0.05, 0) is 45.9 Å². The molecule has 0 aliphatic heterocycles. The Balaban J connectivity index is 2.27. The number of carbonyl (C=O) groups excluding carboxylic acids is 1. The van der Waals surface area contributed by atoms with Crippen molar-refractivity contribution in [2.45, 2.75) is 13.3 Å². The first kappa shape index (κ1) is 12.8. The van der Waals surface area contributed by atoms with Crippen molar-refractivity contribution in [3.8, 4) is 0 Å². The molecule has 0 N–H and O–H groups in total. The van der Waals surface area contributed by atoms with Crippen LogP contribution < -0.4 is 0 Å². The minimum absolute atomic E-state index is 0.105. The number of rotatable bonds is 3. The van der Waals surface area contributed by atoms with Crippen molar-refractivity contribution in [2.75, 3.05) is 0 Å². The van der Waals surface area contributed by atoms with Crippen LogP contribution in [0.2, 0.25) is 5.02 Å². The third-order valence-corrected chi connectivity index (χ3v) is 4.92. The van der Waals surface area contributed by atoms with Crippen molar-refractivity contribution in [3.63, 3.8) is 0 Å². The van der Waals surface area contributed by atoms with E-state index in [1.54, 1.807) is 17.4 Å². The van der Waals surface area contributed by atoms with Gasteiger partial charge in [-0.25, -0.2) is 0 Å². The van der Waals surface area contributed by atoms with Gasteiger partial charge in [0.15, 0.2) is 5.78 Å². The van der Waals surface area contributed by atoms with E-state index >= 15 is 0 Å². The molecule has 0 radical (unpaired) electrons. The summed E-state index contributed by atoms with van der Waals surface area (Å²) in [5.74, 6) is 0.105. The predicted molar refractivity (Wildman–Crippen MR) is 76.2 cm³/mol. The first-order valence-electron chi connectivity index (χ1n) is 5.10. The van der Waals surface area contributed by atoms with Gasteiger partial charge >= 0.3 is 0 Å². The summed E-state index contributed by atoms with van der Waals surface area (Å²) < 4.78 is 0.996. The summed E-state index contributed by atoms with van der Waals surface area (Å²) in [6.45, 7) is 1.87. The van der Waals surface area contributed by atoms with Crippen molar-refractivity contribution < 1.29 is 4.79 Å². The molecule has 1 heterocycles. The van der Waals surface area contributed by atoms with Crippen molar-refractivity contribution in [1.82, 2.24) is 0 Å². The number of hydrogen-bond donors (Lipinski definition) is 0. The molecule has 0 amide bonds. The number of halogens is 2. The van der Waals surface area contributed by atoms with Crippen LogP contribution in [0.25, 0.3) is 0 Å². The maximum Gasteiger partial charge on any atom is 0.168 e. The molecule has 1 aromatic carbocycles. The molecule has 0 aliphatic rings. The Bertz CT molecular complexity index is 562. The first-order chi connectivity index (χ1) is 8.09. The number of Topliss-reactive ketones (excluding diaryl/α,β-unsaturated/α-hetero) is 1. The topological polar surface area (TPSA) is 17.1 Å². The number of ketones is 1. The van der Waals surface area contributed by atoms with Gasteiger partial charge in [-0.3, -0.25) is 4.79 Å². The van der Waals surface area contributed by atoms with Crippen molar-refractivity contribution in [2.24, 2.45) is 0 Å². The quantitative estimate of drug-likeness (QED) is 0.732. The fourth-order valence-electron chi connectivity index (χ4n) is 1.60. The lowest BCUT2D eigenvalue weighted by atomic mass is 10.0. The lowest BCUT2D eigenvalue weighted by Crippen LogP contribution is -2.05. The predicted octanol–water partition coefficient (Wildman–Crippen LogP) is 4.90. The van der Waals surface area contributed by atoms with E-state index in [4.69, 9.17) is 11.6 Å². The Morgan fingerprint density at radius 1 is 1.41 bits per heavy atom. The largest absolute Gasteiger partial charge is 0.294 e. The molecular weight excluding hydrogens is 320 g/mol. The molecule has 0 aliphatic carbocycles. The minimum Gasteiger partial charge on any atom is -0.294 e. The summed E-state index contributed by atoms with van der Waals surface area (Å²) in [4.78, 5) is 13.2. The van der Waals surface area contributed by atoms with Gasteiger partial charge in [0.05, 0.1) is 0 Å². The highest BCUT2D eigenvalue weighted by Gasteiger charge is 2.13. The SMILES string of the molecule is Cc1c(Cl)cccc1C(=O)Cc1sccc1Br. The molecule has 88 valence electrons. The maximum absolute atomic E-state index is 12.2. The van der Waals surface area contributed by atoms with Crippen LogP contribution in [0, 0.1) is 6.92 Å². The second-order valence-electron chi connectivity index (χ2n) is 3.70. The molecule has 0 saturated heterocycles. The Kier molecular flexibility index (Phi) is 4.02. The molecular formula is C13H10BrClOS. The zero-order chi connectivity index (χ0) is 12.4. The number of benzene rings is 1. The summed E-state index contributed by atoms with van der Waals surface area (Å²) in [5.41, 5.74) is 1.56. The molecule has 0 bridgehead atoms.